The van der Waals surface area contributed by atoms with E-state index >= 15 is 0 Å². The third-order valence-corrected chi connectivity index (χ3v) is 6.14. The van der Waals surface area contributed by atoms with Crippen molar-refractivity contribution in [1.29, 1.82) is 0 Å². The molecule has 2 aromatic rings. The Morgan fingerprint density at radius 2 is 1.10 bits per heavy atom. The number of hydrogen-bond donors (Lipinski definition) is 3. The van der Waals surface area contributed by atoms with Gasteiger partial charge in [0.1, 0.15) is 0 Å². The van der Waals surface area contributed by atoms with Crippen LogP contribution in [0.1, 0.15) is 85.2 Å². The summed E-state index contributed by atoms with van der Waals surface area (Å²) in [5, 5.41) is 11.3. The number of nitrogens with one attached hydrogen (secondary N) is 1. The molecule has 0 spiro atoms. The number of benzene rings is 2. The Kier molecular flexibility index (Phi) is 18.3. The Balaban J connectivity index is 0.000000616. The van der Waals surface area contributed by atoms with E-state index in [0.29, 0.717) is 24.2 Å². The van der Waals surface area contributed by atoms with E-state index in [2.05, 4.69) is 14.8 Å². The van der Waals surface area contributed by atoms with Gasteiger partial charge in [0.15, 0.2) is 0 Å². The number of methoxy groups -OCH3 is 2. The Bertz CT molecular complexity index is 997. The number of rotatable bonds is 11. The fourth-order valence-electron chi connectivity index (χ4n) is 3.40. The number of aliphatic carboxylic acids is 1. The van der Waals surface area contributed by atoms with Crippen molar-refractivity contribution >= 4 is 23.8 Å². The topological polar surface area (TPSA) is 145 Å². The molecule has 0 fully saturated rings. The van der Waals surface area contributed by atoms with Crippen LogP contribution in [0.2, 0.25) is 0 Å². The highest BCUT2D eigenvalue weighted by Gasteiger charge is 2.13. The summed E-state index contributed by atoms with van der Waals surface area (Å²) in [5.41, 5.74) is 8.42. The molecule has 0 bridgehead atoms. The highest BCUT2D eigenvalue weighted by Crippen LogP contribution is 2.09. The maximum absolute atomic E-state index is 11.8. The molecule has 2 aromatic carbocycles. The second kappa shape index (κ2) is 20.3. The van der Waals surface area contributed by atoms with Gasteiger partial charge in [0, 0.05) is 19.0 Å². The average Bonchev–Trinajstić information content (AvgIpc) is 2.97. The minimum atomic E-state index is -0.671. The summed E-state index contributed by atoms with van der Waals surface area (Å²) in [6, 6.07) is 14.1. The van der Waals surface area contributed by atoms with E-state index in [9.17, 15) is 19.2 Å². The van der Waals surface area contributed by atoms with Gasteiger partial charge in [-0.25, -0.2) is 9.59 Å². The summed E-state index contributed by atoms with van der Waals surface area (Å²) >= 11 is 0. The van der Waals surface area contributed by atoms with E-state index in [0.717, 1.165) is 36.8 Å². The molecule has 0 aromatic heterocycles. The van der Waals surface area contributed by atoms with Crippen LogP contribution in [0.5, 0.6) is 0 Å². The zero-order chi connectivity index (χ0) is 29.8. The average molecular weight is 545 g/mol. The Labute approximate surface area is 232 Å². The van der Waals surface area contributed by atoms with Gasteiger partial charge in [-0.05, 0) is 61.1 Å². The van der Waals surface area contributed by atoms with Crippen molar-refractivity contribution < 1.29 is 33.8 Å². The lowest BCUT2D eigenvalue weighted by molar-refractivity contribution is -0.141. The monoisotopic (exact) mass is 544 g/mol. The van der Waals surface area contributed by atoms with Gasteiger partial charge in [-0.15, -0.1) is 0 Å². The van der Waals surface area contributed by atoms with Crippen LogP contribution in [0.25, 0.3) is 0 Å². The SMILES string of the molecule is CCC(CC)C(=O)NCc1ccc(C(=O)OC)cc1.CCC(CC)C(=O)O.COC(=O)c1ccc(CN)cc1. The number of carbonyl (C=O) groups excluding carboxylic acids is 3. The van der Waals surface area contributed by atoms with E-state index in [1.165, 1.54) is 14.2 Å². The zero-order valence-corrected chi connectivity index (χ0v) is 24.0. The van der Waals surface area contributed by atoms with E-state index in [4.69, 9.17) is 10.8 Å². The normalized spacial score (nSPS) is 9.97. The van der Waals surface area contributed by atoms with Crippen molar-refractivity contribution in [3.05, 3.63) is 70.8 Å². The third kappa shape index (κ3) is 13.6. The number of nitrogens with two attached hydrogens (primary N) is 1. The smallest absolute Gasteiger partial charge is 0.337 e. The first-order chi connectivity index (χ1) is 18.6. The summed E-state index contributed by atoms with van der Waals surface area (Å²) in [6.07, 6.45) is 3.19. The van der Waals surface area contributed by atoms with Crippen molar-refractivity contribution in [2.45, 2.75) is 66.5 Å². The molecule has 0 aliphatic rings. The van der Waals surface area contributed by atoms with Crippen molar-refractivity contribution in [2.24, 2.45) is 17.6 Å². The maximum Gasteiger partial charge on any atom is 0.337 e. The molecule has 0 aliphatic heterocycles. The molecule has 39 heavy (non-hydrogen) atoms. The van der Waals surface area contributed by atoms with Crippen LogP contribution in [-0.4, -0.2) is 43.1 Å². The second-order valence-corrected chi connectivity index (χ2v) is 8.66. The maximum atomic E-state index is 11.8. The number of carboxylic acid groups (broad SMARTS) is 1. The van der Waals surface area contributed by atoms with E-state index in [1.54, 1.807) is 24.3 Å². The van der Waals surface area contributed by atoms with Crippen LogP contribution in [0.4, 0.5) is 0 Å². The second-order valence-electron chi connectivity index (χ2n) is 8.66. The molecule has 0 aliphatic carbocycles. The Morgan fingerprint density at radius 3 is 1.38 bits per heavy atom. The number of amides is 1. The van der Waals surface area contributed by atoms with Gasteiger partial charge >= 0.3 is 17.9 Å². The van der Waals surface area contributed by atoms with E-state index in [-0.39, 0.29) is 29.7 Å². The standard InChI is InChI=1S/C15H21NO3.C9H11NO2.C6H12O2/c1-4-12(5-2)14(17)16-10-11-6-8-13(9-7-11)15(18)19-3;1-12-9(11)8-4-2-7(6-10)3-5-8;1-3-5(4-2)6(7)8/h6-9,12H,4-5,10H2,1-3H3,(H,16,17);2-5H,6,10H2,1H3;5H,3-4H2,1-2H3,(H,7,8). The van der Waals surface area contributed by atoms with Crippen LogP contribution in [0.3, 0.4) is 0 Å². The van der Waals surface area contributed by atoms with E-state index < -0.39 is 5.97 Å². The lowest BCUT2D eigenvalue weighted by Crippen LogP contribution is -2.29. The van der Waals surface area contributed by atoms with Crippen LogP contribution in [0.15, 0.2) is 48.5 Å². The predicted octanol–water partition coefficient (Wildman–Crippen LogP) is 4.96. The number of carbonyl (C=O) groups is 4. The molecule has 9 heteroatoms. The quantitative estimate of drug-likeness (QED) is 0.336. The molecule has 0 saturated heterocycles. The Hall–Kier alpha value is -3.72. The Morgan fingerprint density at radius 1 is 0.718 bits per heavy atom. The lowest BCUT2D eigenvalue weighted by Gasteiger charge is -2.12. The lowest BCUT2D eigenvalue weighted by atomic mass is 10.0. The van der Waals surface area contributed by atoms with Gasteiger partial charge in [-0.1, -0.05) is 52.0 Å². The summed E-state index contributed by atoms with van der Waals surface area (Å²) < 4.78 is 9.17. The molecule has 0 radical (unpaired) electrons. The van der Waals surface area contributed by atoms with Crippen LogP contribution in [0, 0.1) is 11.8 Å². The predicted molar refractivity (Wildman–Crippen MR) is 151 cm³/mol. The van der Waals surface area contributed by atoms with Crippen molar-refractivity contribution in [2.75, 3.05) is 14.2 Å². The molecule has 0 unspecified atom stereocenters. The summed E-state index contributed by atoms with van der Waals surface area (Å²) in [5.74, 6) is -1.31. The first-order valence-corrected chi connectivity index (χ1v) is 13.2. The van der Waals surface area contributed by atoms with Crippen LogP contribution < -0.4 is 11.1 Å². The van der Waals surface area contributed by atoms with Gasteiger partial charge in [0.05, 0.1) is 31.3 Å². The summed E-state index contributed by atoms with van der Waals surface area (Å²) in [6.45, 7) is 8.78. The van der Waals surface area contributed by atoms with Crippen LogP contribution in [-0.2, 0) is 32.2 Å². The zero-order valence-electron chi connectivity index (χ0n) is 24.0. The van der Waals surface area contributed by atoms with Gasteiger partial charge in [-0.3, -0.25) is 9.59 Å². The number of hydrogen-bond acceptors (Lipinski definition) is 7. The first-order valence-electron chi connectivity index (χ1n) is 13.2. The fourth-order valence-corrected chi connectivity index (χ4v) is 3.40. The molecule has 216 valence electrons. The van der Waals surface area contributed by atoms with Crippen molar-refractivity contribution in [1.82, 2.24) is 5.32 Å². The van der Waals surface area contributed by atoms with Crippen molar-refractivity contribution in [3.8, 4) is 0 Å². The molecule has 2 rings (SSSR count). The number of ether oxygens (including phenoxy) is 2. The van der Waals surface area contributed by atoms with Gasteiger partial charge in [0.2, 0.25) is 5.91 Å². The summed E-state index contributed by atoms with van der Waals surface area (Å²) in [4.78, 5) is 44.2. The van der Waals surface area contributed by atoms with Gasteiger partial charge in [-0.2, -0.15) is 0 Å². The molecule has 0 saturated carbocycles. The molecule has 0 heterocycles. The molecular weight excluding hydrogens is 500 g/mol. The van der Waals surface area contributed by atoms with Gasteiger partial charge in [0.25, 0.3) is 0 Å². The molecule has 0 atom stereocenters. The highest BCUT2D eigenvalue weighted by molar-refractivity contribution is 5.89. The fraction of sp³-hybridized carbons (Fsp3) is 0.467. The van der Waals surface area contributed by atoms with Crippen molar-refractivity contribution in [3.63, 3.8) is 0 Å². The largest absolute Gasteiger partial charge is 0.481 e. The molecule has 9 nitrogen and oxygen atoms in total. The minimum Gasteiger partial charge on any atom is -0.481 e. The number of carboxylic acids is 1. The molecule has 4 N–H and O–H groups in total. The molecule has 1 amide bonds. The minimum absolute atomic E-state index is 0.0781. The highest BCUT2D eigenvalue weighted by atomic mass is 16.5. The summed E-state index contributed by atoms with van der Waals surface area (Å²) in [7, 11) is 2.71. The number of esters is 2. The van der Waals surface area contributed by atoms with Crippen LogP contribution >= 0.6 is 0 Å². The first kappa shape index (κ1) is 35.3. The third-order valence-electron chi connectivity index (χ3n) is 6.14. The van der Waals surface area contributed by atoms with E-state index in [1.807, 2.05) is 52.0 Å². The molecular formula is C30H44N2O7. The van der Waals surface area contributed by atoms with Gasteiger partial charge < -0.3 is 25.6 Å².